The monoisotopic (exact) mass is 430 g/mol. The summed E-state index contributed by atoms with van der Waals surface area (Å²) in [6.45, 7) is 4.17. The quantitative estimate of drug-likeness (QED) is 0.484. The fraction of sp³-hybridized carbons (Fsp3) is 0.211. The van der Waals surface area contributed by atoms with Crippen molar-refractivity contribution in [3.63, 3.8) is 0 Å². The third kappa shape index (κ3) is 3.96. The van der Waals surface area contributed by atoms with Crippen molar-refractivity contribution < 1.29 is 17.5 Å². The largest absolute Gasteiger partial charge is 0.476 e. The molecule has 3 heterocycles. The van der Waals surface area contributed by atoms with Crippen LogP contribution in [0.5, 0.6) is 5.88 Å². The molecule has 11 heteroatoms. The highest BCUT2D eigenvalue weighted by molar-refractivity contribution is 7.92. The van der Waals surface area contributed by atoms with Gasteiger partial charge in [-0.1, -0.05) is 12.1 Å². The van der Waals surface area contributed by atoms with Crippen LogP contribution in [0.1, 0.15) is 19.4 Å². The number of hydrogen-bond donors (Lipinski definition) is 1. The number of nitrogens with zero attached hydrogens (tertiary/aromatic N) is 5. The molecule has 0 aliphatic rings. The molecule has 1 aromatic carbocycles. The number of halogens is 1. The third-order valence-corrected chi connectivity index (χ3v) is 5.51. The van der Waals surface area contributed by atoms with Crippen LogP contribution < -0.4 is 9.46 Å². The first kappa shape index (κ1) is 19.8. The number of nitrogens with one attached hydrogen (secondary N) is 1. The van der Waals surface area contributed by atoms with E-state index in [-0.39, 0.29) is 12.1 Å². The number of fused-ring (bicyclic) bond motifs is 1. The topological polar surface area (TPSA) is 103 Å². The zero-order valence-electron chi connectivity index (χ0n) is 16.2. The van der Waals surface area contributed by atoms with E-state index in [0.29, 0.717) is 18.1 Å². The number of rotatable bonds is 7. The molecule has 0 spiro atoms. The lowest BCUT2D eigenvalue weighted by Gasteiger charge is -2.15. The predicted octanol–water partition coefficient (Wildman–Crippen LogP) is 2.70. The fourth-order valence-corrected chi connectivity index (χ4v) is 4.01. The molecular weight excluding hydrogens is 411 g/mol. The van der Waals surface area contributed by atoms with E-state index in [4.69, 9.17) is 4.74 Å². The van der Waals surface area contributed by atoms with Crippen molar-refractivity contribution in [1.29, 1.82) is 0 Å². The molecule has 0 saturated heterocycles. The predicted molar refractivity (Wildman–Crippen MR) is 107 cm³/mol. The standard InChI is InChI=1S/C19H19FN6O3S/c1-13(2)29-18-11-14(12-25-9-5-8-21-25)10-17-22-23-19(26(17)18)24-30(27,28)16-7-4-3-6-15(16)20/h3-11,13H,12H2,1-2H3,(H,23,24). The summed E-state index contributed by atoms with van der Waals surface area (Å²) in [5.41, 5.74) is 1.22. The Balaban J connectivity index is 1.76. The molecule has 4 rings (SSSR count). The van der Waals surface area contributed by atoms with Gasteiger partial charge >= 0.3 is 0 Å². The Morgan fingerprint density at radius 3 is 2.67 bits per heavy atom. The lowest BCUT2D eigenvalue weighted by atomic mass is 10.2. The van der Waals surface area contributed by atoms with Crippen LogP contribution >= 0.6 is 0 Å². The molecule has 0 fully saturated rings. The Bertz CT molecular complexity index is 1290. The summed E-state index contributed by atoms with van der Waals surface area (Å²) in [7, 11) is -4.22. The van der Waals surface area contributed by atoms with Crippen molar-refractivity contribution in [1.82, 2.24) is 24.4 Å². The average molecular weight is 430 g/mol. The molecule has 9 nitrogen and oxygen atoms in total. The molecule has 1 N–H and O–H groups in total. The van der Waals surface area contributed by atoms with E-state index in [1.807, 2.05) is 26.1 Å². The molecule has 3 aromatic heterocycles. The van der Waals surface area contributed by atoms with Crippen molar-refractivity contribution in [3.05, 3.63) is 66.2 Å². The summed E-state index contributed by atoms with van der Waals surface area (Å²) >= 11 is 0. The average Bonchev–Trinajstić information content (AvgIpc) is 3.31. The van der Waals surface area contributed by atoms with Crippen molar-refractivity contribution in [3.8, 4) is 5.88 Å². The van der Waals surface area contributed by atoms with E-state index < -0.39 is 20.7 Å². The zero-order valence-corrected chi connectivity index (χ0v) is 17.0. The number of pyridine rings is 1. The van der Waals surface area contributed by atoms with Gasteiger partial charge in [-0.05, 0) is 43.7 Å². The molecule has 0 amide bonds. The fourth-order valence-electron chi connectivity index (χ4n) is 2.94. The molecule has 0 unspecified atom stereocenters. The van der Waals surface area contributed by atoms with Crippen LogP contribution in [0, 0.1) is 5.82 Å². The second-order valence-corrected chi connectivity index (χ2v) is 8.48. The number of sulfonamides is 1. The van der Waals surface area contributed by atoms with Gasteiger partial charge in [-0.3, -0.25) is 4.68 Å². The molecule has 4 aromatic rings. The van der Waals surface area contributed by atoms with Crippen LogP contribution in [-0.4, -0.2) is 38.9 Å². The molecule has 0 atom stereocenters. The Morgan fingerprint density at radius 1 is 1.17 bits per heavy atom. The summed E-state index contributed by atoms with van der Waals surface area (Å²) in [4.78, 5) is -0.483. The minimum absolute atomic E-state index is 0.102. The number of aromatic nitrogens is 5. The molecule has 0 saturated carbocycles. The highest BCUT2D eigenvalue weighted by Gasteiger charge is 2.23. The summed E-state index contributed by atoms with van der Waals surface area (Å²) < 4.78 is 50.8. The van der Waals surface area contributed by atoms with Crippen LogP contribution in [0.25, 0.3) is 5.65 Å². The van der Waals surface area contributed by atoms with Gasteiger partial charge in [0.15, 0.2) is 5.65 Å². The van der Waals surface area contributed by atoms with Gasteiger partial charge < -0.3 is 4.74 Å². The van der Waals surface area contributed by atoms with E-state index in [2.05, 4.69) is 20.0 Å². The van der Waals surface area contributed by atoms with E-state index in [1.54, 1.807) is 23.0 Å². The second kappa shape index (κ2) is 7.75. The molecule has 0 aliphatic heterocycles. The molecule has 0 radical (unpaired) electrons. The Hall–Kier alpha value is -3.47. The maximum absolute atomic E-state index is 14.0. The lowest BCUT2D eigenvalue weighted by Crippen LogP contribution is -2.17. The number of anilines is 1. The summed E-state index contributed by atoms with van der Waals surface area (Å²) in [6.07, 6.45) is 3.31. The van der Waals surface area contributed by atoms with Gasteiger partial charge in [0.2, 0.25) is 11.8 Å². The first-order valence-electron chi connectivity index (χ1n) is 9.13. The Labute approximate surface area is 172 Å². The maximum atomic E-state index is 14.0. The van der Waals surface area contributed by atoms with Gasteiger partial charge in [-0.25, -0.2) is 21.9 Å². The minimum atomic E-state index is -4.22. The zero-order chi connectivity index (χ0) is 21.3. The first-order chi connectivity index (χ1) is 14.3. The van der Waals surface area contributed by atoms with E-state index in [9.17, 15) is 12.8 Å². The van der Waals surface area contributed by atoms with E-state index in [0.717, 1.165) is 11.6 Å². The van der Waals surface area contributed by atoms with Crippen molar-refractivity contribution in [2.45, 2.75) is 31.4 Å². The van der Waals surface area contributed by atoms with Gasteiger partial charge in [-0.2, -0.15) is 5.10 Å². The van der Waals surface area contributed by atoms with Crippen molar-refractivity contribution in [2.24, 2.45) is 0 Å². The molecular formula is C19H19FN6O3S. The Morgan fingerprint density at radius 2 is 1.97 bits per heavy atom. The second-order valence-electron chi connectivity index (χ2n) is 6.83. The van der Waals surface area contributed by atoms with Crippen LogP contribution in [0.15, 0.2) is 59.8 Å². The molecule has 0 aliphatic carbocycles. The van der Waals surface area contributed by atoms with Gasteiger partial charge in [0.05, 0.1) is 12.6 Å². The van der Waals surface area contributed by atoms with Crippen molar-refractivity contribution in [2.75, 3.05) is 4.72 Å². The molecule has 30 heavy (non-hydrogen) atoms. The van der Waals surface area contributed by atoms with Crippen LogP contribution in [0.2, 0.25) is 0 Å². The van der Waals surface area contributed by atoms with Gasteiger partial charge in [0, 0.05) is 18.5 Å². The SMILES string of the molecule is CC(C)Oc1cc(Cn2cccn2)cc2nnc(NS(=O)(=O)c3ccccc3F)n12. The first-order valence-corrected chi connectivity index (χ1v) is 10.6. The number of hydrogen-bond acceptors (Lipinski definition) is 6. The normalized spacial score (nSPS) is 11.9. The minimum Gasteiger partial charge on any atom is -0.476 e. The van der Waals surface area contributed by atoms with Gasteiger partial charge in [0.1, 0.15) is 10.7 Å². The Kier molecular flexibility index (Phi) is 5.12. The summed E-state index contributed by atoms with van der Waals surface area (Å²) in [5.74, 6) is -0.616. The van der Waals surface area contributed by atoms with Gasteiger partial charge in [-0.15, -0.1) is 10.2 Å². The smallest absolute Gasteiger partial charge is 0.267 e. The van der Waals surface area contributed by atoms with E-state index in [1.165, 1.54) is 22.6 Å². The van der Waals surface area contributed by atoms with E-state index >= 15 is 0 Å². The highest BCUT2D eigenvalue weighted by atomic mass is 32.2. The number of ether oxygens (including phenoxy) is 1. The number of benzene rings is 1. The lowest BCUT2D eigenvalue weighted by molar-refractivity contribution is 0.230. The third-order valence-electron chi connectivity index (χ3n) is 4.14. The maximum Gasteiger partial charge on any atom is 0.267 e. The highest BCUT2D eigenvalue weighted by Crippen LogP contribution is 2.25. The van der Waals surface area contributed by atoms with Crippen molar-refractivity contribution >= 4 is 21.6 Å². The van der Waals surface area contributed by atoms with Crippen LogP contribution in [0.4, 0.5) is 10.3 Å². The van der Waals surface area contributed by atoms with Gasteiger partial charge in [0.25, 0.3) is 10.0 Å². The van der Waals surface area contributed by atoms with Crippen LogP contribution in [-0.2, 0) is 16.6 Å². The summed E-state index contributed by atoms with van der Waals surface area (Å²) in [6, 6.07) is 10.4. The van der Waals surface area contributed by atoms with Crippen LogP contribution in [0.3, 0.4) is 0 Å². The molecule has 156 valence electrons. The summed E-state index contributed by atoms with van der Waals surface area (Å²) in [5, 5.41) is 12.2. The molecule has 0 bridgehead atoms.